The maximum absolute atomic E-state index is 12.2. The largest absolute Gasteiger partial charge is 0.300 e. The van der Waals surface area contributed by atoms with Crippen LogP contribution < -0.4 is 5.32 Å². The van der Waals surface area contributed by atoms with E-state index in [0.717, 1.165) is 27.6 Å². The normalized spacial score (nSPS) is 17.0. The Morgan fingerprint density at radius 3 is 2.92 bits per heavy atom. The van der Waals surface area contributed by atoms with E-state index in [1.165, 1.54) is 23.1 Å². The minimum absolute atomic E-state index is 0.159. The number of aliphatic imine (C=N–C) groups is 1. The molecule has 0 bridgehead atoms. The highest BCUT2D eigenvalue weighted by Gasteiger charge is 2.24. The van der Waals surface area contributed by atoms with Gasteiger partial charge in [-0.3, -0.25) is 9.78 Å². The molecule has 4 rings (SSSR count). The Hall–Kier alpha value is -2.77. The molecule has 1 aliphatic heterocycles. The molecule has 3 heterocycles. The van der Waals surface area contributed by atoms with Crippen LogP contribution in [0.4, 0.5) is 5.69 Å². The second kappa shape index (κ2) is 7.23. The fourth-order valence-electron chi connectivity index (χ4n) is 2.39. The van der Waals surface area contributed by atoms with Gasteiger partial charge in [-0.05, 0) is 54.6 Å². The first-order valence-corrected chi connectivity index (χ1v) is 9.60. The summed E-state index contributed by atoms with van der Waals surface area (Å²) >= 11 is 2.82. The van der Waals surface area contributed by atoms with Crippen molar-refractivity contribution in [2.45, 2.75) is 6.92 Å². The number of benzene rings is 1. The minimum Gasteiger partial charge on any atom is -0.300 e. The molecule has 3 aromatic rings. The number of hydrogen-bond acceptors (Lipinski definition) is 6. The highest BCUT2D eigenvalue weighted by Crippen LogP contribution is 2.29. The van der Waals surface area contributed by atoms with Crippen molar-refractivity contribution >= 4 is 45.9 Å². The number of rotatable bonds is 3. The van der Waals surface area contributed by atoms with Crippen LogP contribution in [0.5, 0.6) is 0 Å². The topological polar surface area (TPSA) is 67.2 Å². The molecule has 1 aliphatic rings. The summed E-state index contributed by atoms with van der Waals surface area (Å²) in [7, 11) is 0. The van der Waals surface area contributed by atoms with Gasteiger partial charge in [0.2, 0.25) is 0 Å². The number of pyridine rings is 1. The minimum atomic E-state index is -0.159. The Morgan fingerprint density at radius 2 is 2.12 bits per heavy atom. The molecule has 0 atom stereocenters. The molecule has 26 heavy (non-hydrogen) atoms. The first kappa shape index (κ1) is 16.7. The average Bonchev–Trinajstić information content (AvgIpc) is 3.23. The lowest BCUT2D eigenvalue weighted by Crippen LogP contribution is -2.19. The highest BCUT2D eigenvalue weighted by molar-refractivity contribution is 8.18. The zero-order valence-electron chi connectivity index (χ0n) is 13.8. The molecule has 0 spiro atoms. The zero-order valence-corrected chi connectivity index (χ0v) is 15.5. The Labute approximate surface area is 158 Å². The smallest absolute Gasteiger partial charge is 0.264 e. The number of carbonyl (C=O) groups excluding carboxylic acids is 1. The SMILES string of the molecule is Cc1cccc(N=C2NC(=O)C(=Cc3csc(-c4ccccn4)n3)S2)c1. The summed E-state index contributed by atoms with van der Waals surface area (Å²) in [6.45, 7) is 2.01. The average molecular weight is 378 g/mol. The summed E-state index contributed by atoms with van der Waals surface area (Å²) in [6, 6.07) is 13.6. The lowest BCUT2D eigenvalue weighted by Gasteiger charge is -1.97. The molecule has 1 N–H and O–H groups in total. The summed E-state index contributed by atoms with van der Waals surface area (Å²) in [5, 5.41) is 6.12. The van der Waals surface area contributed by atoms with Gasteiger partial charge in [-0.1, -0.05) is 18.2 Å². The van der Waals surface area contributed by atoms with Crippen LogP contribution in [-0.2, 0) is 4.79 Å². The highest BCUT2D eigenvalue weighted by atomic mass is 32.2. The summed E-state index contributed by atoms with van der Waals surface area (Å²) in [6.07, 6.45) is 3.52. The molecular formula is C19H14N4OS2. The number of nitrogens with one attached hydrogen (secondary N) is 1. The Balaban J connectivity index is 1.55. The molecule has 1 fully saturated rings. The Morgan fingerprint density at radius 1 is 1.19 bits per heavy atom. The van der Waals surface area contributed by atoms with Gasteiger partial charge in [-0.2, -0.15) is 0 Å². The summed E-state index contributed by atoms with van der Waals surface area (Å²) in [5.74, 6) is -0.159. The number of amides is 1. The number of aryl methyl sites for hydroxylation is 1. The van der Waals surface area contributed by atoms with Crippen molar-refractivity contribution in [3.05, 3.63) is 70.2 Å². The molecule has 0 radical (unpaired) electrons. The van der Waals surface area contributed by atoms with E-state index in [1.54, 1.807) is 12.3 Å². The van der Waals surface area contributed by atoms with Crippen LogP contribution >= 0.6 is 23.1 Å². The molecule has 1 aromatic carbocycles. The summed E-state index contributed by atoms with van der Waals surface area (Å²) in [4.78, 5) is 26.1. The molecule has 2 aromatic heterocycles. The fourth-order valence-corrected chi connectivity index (χ4v) is 3.97. The first-order chi connectivity index (χ1) is 12.7. The van der Waals surface area contributed by atoms with Gasteiger partial charge in [0, 0.05) is 11.6 Å². The molecule has 0 saturated carbocycles. The van der Waals surface area contributed by atoms with Gasteiger partial charge in [0.1, 0.15) is 5.01 Å². The van der Waals surface area contributed by atoms with Crippen LogP contribution in [0.3, 0.4) is 0 Å². The quantitative estimate of drug-likeness (QED) is 0.686. The van der Waals surface area contributed by atoms with Crippen LogP contribution in [0.2, 0.25) is 0 Å². The van der Waals surface area contributed by atoms with Crippen molar-refractivity contribution in [1.82, 2.24) is 15.3 Å². The number of carbonyl (C=O) groups is 1. The Bertz CT molecular complexity index is 1020. The van der Waals surface area contributed by atoms with Crippen LogP contribution in [0, 0.1) is 6.92 Å². The first-order valence-electron chi connectivity index (χ1n) is 7.90. The molecule has 0 aliphatic carbocycles. The van der Waals surface area contributed by atoms with Crippen LogP contribution in [0.15, 0.2) is 63.9 Å². The fraction of sp³-hybridized carbons (Fsp3) is 0.0526. The molecule has 1 amide bonds. The van der Waals surface area contributed by atoms with Crippen molar-refractivity contribution in [1.29, 1.82) is 0 Å². The van der Waals surface area contributed by atoms with Gasteiger partial charge >= 0.3 is 0 Å². The second-order valence-electron chi connectivity index (χ2n) is 5.61. The molecule has 7 heteroatoms. The van der Waals surface area contributed by atoms with Crippen LogP contribution in [-0.4, -0.2) is 21.0 Å². The number of thiazole rings is 1. The van der Waals surface area contributed by atoms with Gasteiger partial charge in [-0.25, -0.2) is 9.98 Å². The van der Waals surface area contributed by atoms with E-state index in [2.05, 4.69) is 20.3 Å². The lowest BCUT2D eigenvalue weighted by atomic mass is 10.2. The van der Waals surface area contributed by atoms with Crippen molar-refractivity contribution in [3.8, 4) is 10.7 Å². The van der Waals surface area contributed by atoms with Crippen molar-refractivity contribution in [3.63, 3.8) is 0 Å². The Kier molecular flexibility index (Phi) is 4.64. The molecule has 1 saturated heterocycles. The third-order valence-electron chi connectivity index (χ3n) is 3.57. The van der Waals surface area contributed by atoms with Gasteiger partial charge < -0.3 is 5.32 Å². The van der Waals surface area contributed by atoms with E-state index in [9.17, 15) is 4.79 Å². The third kappa shape index (κ3) is 3.74. The summed E-state index contributed by atoms with van der Waals surface area (Å²) < 4.78 is 0. The third-order valence-corrected chi connectivity index (χ3v) is 5.36. The standard InChI is InChI=1S/C19H14N4OS2/c1-12-5-4-6-13(9-12)22-19-23-17(24)16(26-19)10-14-11-25-18(21-14)15-7-2-3-8-20-15/h2-11H,1H3,(H,22,23,24). The molecule has 5 nitrogen and oxygen atoms in total. The van der Waals surface area contributed by atoms with Crippen LogP contribution in [0.25, 0.3) is 16.8 Å². The van der Waals surface area contributed by atoms with Gasteiger partial charge in [0.15, 0.2) is 5.17 Å². The maximum Gasteiger partial charge on any atom is 0.264 e. The van der Waals surface area contributed by atoms with E-state index < -0.39 is 0 Å². The van der Waals surface area contributed by atoms with E-state index in [1.807, 2.05) is 54.8 Å². The van der Waals surface area contributed by atoms with Gasteiger partial charge in [-0.15, -0.1) is 11.3 Å². The molecule has 128 valence electrons. The van der Waals surface area contributed by atoms with E-state index >= 15 is 0 Å². The zero-order chi connectivity index (χ0) is 17.9. The van der Waals surface area contributed by atoms with Gasteiger partial charge in [0.05, 0.1) is 22.0 Å². The number of nitrogens with zero attached hydrogens (tertiary/aromatic N) is 3. The predicted octanol–water partition coefficient (Wildman–Crippen LogP) is 4.41. The predicted molar refractivity (Wildman–Crippen MR) is 107 cm³/mol. The molecule has 0 unspecified atom stereocenters. The van der Waals surface area contributed by atoms with E-state index in [0.29, 0.717) is 10.1 Å². The van der Waals surface area contributed by atoms with Crippen molar-refractivity contribution in [2.24, 2.45) is 4.99 Å². The molecular weight excluding hydrogens is 364 g/mol. The number of aromatic nitrogens is 2. The lowest BCUT2D eigenvalue weighted by molar-refractivity contribution is -0.115. The van der Waals surface area contributed by atoms with E-state index in [-0.39, 0.29) is 5.91 Å². The summed E-state index contributed by atoms with van der Waals surface area (Å²) in [5.41, 5.74) is 3.51. The number of amidine groups is 1. The number of thioether (sulfide) groups is 1. The maximum atomic E-state index is 12.2. The van der Waals surface area contributed by atoms with Crippen molar-refractivity contribution < 1.29 is 4.79 Å². The number of hydrogen-bond donors (Lipinski definition) is 1. The van der Waals surface area contributed by atoms with Gasteiger partial charge in [0.25, 0.3) is 5.91 Å². The monoisotopic (exact) mass is 378 g/mol. The second-order valence-corrected chi connectivity index (χ2v) is 7.50. The van der Waals surface area contributed by atoms with Crippen LogP contribution in [0.1, 0.15) is 11.3 Å². The van der Waals surface area contributed by atoms with E-state index in [4.69, 9.17) is 0 Å². The van der Waals surface area contributed by atoms with Crippen molar-refractivity contribution in [2.75, 3.05) is 0 Å².